The van der Waals surface area contributed by atoms with E-state index in [0.29, 0.717) is 25.9 Å². The molecule has 160 valence electrons. The second kappa shape index (κ2) is 6.93. The van der Waals surface area contributed by atoms with Crippen molar-refractivity contribution in [3.05, 3.63) is 82.1 Å². The third-order valence-electron chi connectivity index (χ3n) is 7.15. The molecule has 0 unspecified atom stereocenters. The minimum absolute atomic E-state index is 0.0445. The lowest BCUT2D eigenvalue weighted by atomic mass is 9.56. The molecule has 0 saturated carbocycles. The molecule has 1 aromatic heterocycles. The van der Waals surface area contributed by atoms with Crippen molar-refractivity contribution in [1.82, 2.24) is 9.88 Å². The minimum Gasteiger partial charge on any atom is -0.508 e. The number of hydrogen-bond acceptors (Lipinski definition) is 5. The Morgan fingerprint density at radius 1 is 1.26 bits per heavy atom. The molecule has 7 heteroatoms. The molecule has 2 aromatic carbocycles. The van der Waals surface area contributed by atoms with Gasteiger partial charge in [0.2, 0.25) is 0 Å². The van der Waals surface area contributed by atoms with E-state index >= 15 is 0 Å². The quantitative estimate of drug-likeness (QED) is 0.342. The van der Waals surface area contributed by atoms with Gasteiger partial charge < -0.3 is 15.2 Å². The largest absolute Gasteiger partial charge is 0.508 e. The predicted octanol–water partition coefficient (Wildman–Crippen LogP) is 3.44. The molecule has 0 spiro atoms. The predicted molar refractivity (Wildman–Crippen MR) is 118 cm³/mol. The zero-order valence-electron chi connectivity index (χ0n) is 17.2. The van der Waals surface area contributed by atoms with Crippen molar-refractivity contribution in [1.29, 1.82) is 0 Å². The number of nitrogens with zero attached hydrogens (tertiary/aromatic N) is 2. The van der Waals surface area contributed by atoms with Crippen LogP contribution in [0.4, 0.5) is 5.69 Å². The summed E-state index contributed by atoms with van der Waals surface area (Å²) in [4.78, 5) is 16.6. The van der Waals surface area contributed by atoms with E-state index in [1.54, 1.807) is 24.3 Å². The van der Waals surface area contributed by atoms with E-state index in [2.05, 4.69) is 16.5 Å². The number of piperidine rings is 1. The first-order valence-corrected chi connectivity index (χ1v) is 10.5. The fraction of sp³-hybridized carbons (Fsp3) is 0.333. The molecule has 1 aliphatic carbocycles. The van der Waals surface area contributed by atoms with E-state index in [-0.39, 0.29) is 16.4 Å². The Bertz CT molecular complexity index is 1200. The molecular weight excluding hydrogens is 394 g/mol. The Hall–Kier alpha value is -3.16. The molecular formula is C24H25N3O4. The highest BCUT2D eigenvalue weighted by Gasteiger charge is 2.57. The number of aliphatic hydroxyl groups is 1. The summed E-state index contributed by atoms with van der Waals surface area (Å²) >= 11 is 0. The summed E-state index contributed by atoms with van der Waals surface area (Å²) in [6.45, 7) is 5.80. The lowest BCUT2D eigenvalue weighted by Crippen LogP contribution is -2.66. The lowest BCUT2D eigenvalue weighted by Gasteiger charge is -2.56. The number of non-ortho nitro benzene ring substituents is 1. The van der Waals surface area contributed by atoms with Crippen LogP contribution in [0, 0.1) is 10.1 Å². The second-order valence-electron chi connectivity index (χ2n) is 8.86. The van der Waals surface area contributed by atoms with E-state index in [4.69, 9.17) is 0 Å². The summed E-state index contributed by atoms with van der Waals surface area (Å²) in [6.07, 6.45) is 3.53. The number of nitro benzene ring substituents is 1. The highest BCUT2D eigenvalue weighted by atomic mass is 16.6. The number of nitrogens with one attached hydrogen (secondary N) is 1. The summed E-state index contributed by atoms with van der Waals surface area (Å²) in [5, 5.41) is 34.5. The smallest absolute Gasteiger partial charge is 0.270 e. The van der Waals surface area contributed by atoms with Crippen LogP contribution >= 0.6 is 0 Å². The number of phenolic OH excluding ortho intramolecular Hbond substituents is 1. The van der Waals surface area contributed by atoms with Crippen LogP contribution in [0.5, 0.6) is 5.75 Å². The van der Waals surface area contributed by atoms with Gasteiger partial charge in [0.05, 0.1) is 10.5 Å². The van der Waals surface area contributed by atoms with Gasteiger partial charge in [-0.2, -0.15) is 0 Å². The number of H-pyrrole nitrogens is 1. The molecule has 7 nitrogen and oxygen atoms in total. The van der Waals surface area contributed by atoms with Crippen molar-refractivity contribution < 1.29 is 15.1 Å². The molecule has 2 aliphatic rings. The zero-order valence-corrected chi connectivity index (χ0v) is 17.2. The normalized spacial score (nSPS) is 25.7. The Labute approximate surface area is 179 Å². The maximum absolute atomic E-state index is 12.2. The molecule has 0 bridgehead atoms. The van der Waals surface area contributed by atoms with Crippen LogP contribution in [-0.2, 0) is 18.3 Å². The zero-order chi connectivity index (χ0) is 21.8. The van der Waals surface area contributed by atoms with Crippen LogP contribution in [0.1, 0.15) is 23.2 Å². The van der Waals surface area contributed by atoms with Crippen molar-refractivity contribution in [3.63, 3.8) is 0 Å². The summed E-state index contributed by atoms with van der Waals surface area (Å²) in [5.41, 5.74) is 2.09. The van der Waals surface area contributed by atoms with Gasteiger partial charge in [-0.05, 0) is 42.3 Å². The minimum atomic E-state index is -1.09. The van der Waals surface area contributed by atoms with E-state index < -0.39 is 11.0 Å². The van der Waals surface area contributed by atoms with Gasteiger partial charge in [-0.15, -0.1) is 6.58 Å². The maximum Gasteiger partial charge on any atom is 0.270 e. The molecule has 3 N–H and O–H groups in total. The Balaban J connectivity index is 1.69. The first-order chi connectivity index (χ1) is 14.8. The summed E-state index contributed by atoms with van der Waals surface area (Å²) in [6, 6.07) is 12.0. The number of benzene rings is 2. The van der Waals surface area contributed by atoms with Crippen LogP contribution in [0.3, 0.4) is 0 Å². The van der Waals surface area contributed by atoms with Crippen molar-refractivity contribution in [2.75, 3.05) is 19.6 Å². The highest BCUT2D eigenvalue weighted by Crippen LogP contribution is 2.52. The second-order valence-corrected chi connectivity index (χ2v) is 8.86. The molecule has 1 fully saturated rings. The van der Waals surface area contributed by atoms with E-state index in [9.17, 15) is 20.3 Å². The van der Waals surface area contributed by atoms with Gasteiger partial charge in [-0.25, -0.2) is 0 Å². The standard InChI is InChI=1S/C24H25N3O4/c1-2-9-26-10-8-23(16-4-3-5-18(28)11-16)14-22-20(13-24(23,29)15-26)19-12-17(27(30)31)6-7-21(19)25-22/h2-7,11-12,25,28-29H,1,8-10,13-15H2/t23-,24-/m0/s1. The number of hydrogen-bond donors (Lipinski definition) is 3. The maximum atomic E-state index is 12.2. The number of aromatic hydroxyl groups is 1. The first-order valence-electron chi connectivity index (χ1n) is 10.5. The van der Waals surface area contributed by atoms with Crippen molar-refractivity contribution in [2.45, 2.75) is 30.3 Å². The van der Waals surface area contributed by atoms with Gasteiger partial charge in [0, 0.05) is 60.1 Å². The third kappa shape index (κ3) is 2.96. The van der Waals surface area contributed by atoms with Gasteiger partial charge in [-0.3, -0.25) is 15.0 Å². The number of likely N-dealkylation sites (tertiary alicyclic amines) is 1. The number of rotatable bonds is 4. The fourth-order valence-electron chi connectivity index (χ4n) is 5.67. The van der Waals surface area contributed by atoms with E-state index in [1.807, 2.05) is 18.2 Å². The fourth-order valence-corrected chi connectivity index (χ4v) is 5.67. The lowest BCUT2D eigenvalue weighted by molar-refractivity contribution is -0.384. The van der Waals surface area contributed by atoms with Crippen LogP contribution in [0.15, 0.2) is 55.1 Å². The highest BCUT2D eigenvalue weighted by molar-refractivity contribution is 5.87. The van der Waals surface area contributed by atoms with Crippen LogP contribution < -0.4 is 0 Å². The van der Waals surface area contributed by atoms with Gasteiger partial charge in [0.1, 0.15) is 5.75 Å². The number of aromatic amines is 1. The summed E-state index contributed by atoms with van der Waals surface area (Å²) < 4.78 is 0. The van der Waals surface area contributed by atoms with Gasteiger partial charge in [0.25, 0.3) is 5.69 Å². The van der Waals surface area contributed by atoms with Gasteiger partial charge in [-0.1, -0.05) is 18.2 Å². The van der Waals surface area contributed by atoms with E-state index in [0.717, 1.165) is 40.7 Å². The monoisotopic (exact) mass is 419 g/mol. The number of fused-ring (bicyclic) bond motifs is 4. The average Bonchev–Trinajstić information content (AvgIpc) is 3.07. The third-order valence-corrected chi connectivity index (χ3v) is 7.15. The van der Waals surface area contributed by atoms with Crippen molar-refractivity contribution in [2.24, 2.45) is 0 Å². The number of phenols is 1. The Kier molecular flexibility index (Phi) is 4.42. The molecule has 2 heterocycles. The Morgan fingerprint density at radius 3 is 2.84 bits per heavy atom. The summed E-state index contributed by atoms with van der Waals surface area (Å²) in [5.74, 6) is 0.181. The average molecular weight is 419 g/mol. The van der Waals surface area contributed by atoms with Crippen molar-refractivity contribution >= 4 is 16.6 Å². The van der Waals surface area contributed by atoms with Gasteiger partial charge in [0.15, 0.2) is 0 Å². The molecule has 3 aromatic rings. The van der Waals surface area contributed by atoms with Gasteiger partial charge >= 0.3 is 0 Å². The van der Waals surface area contributed by atoms with Crippen molar-refractivity contribution in [3.8, 4) is 5.75 Å². The van der Waals surface area contributed by atoms with E-state index in [1.165, 1.54) is 6.07 Å². The number of nitro groups is 1. The molecule has 0 amide bonds. The van der Waals surface area contributed by atoms with Crippen LogP contribution in [-0.4, -0.2) is 50.3 Å². The van der Waals surface area contributed by atoms with Crippen LogP contribution in [0.25, 0.3) is 10.9 Å². The summed E-state index contributed by atoms with van der Waals surface area (Å²) in [7, 11) is 0. The molecule has 2 atom stereocenters. The molecule has 5 rings (SSSR count). The Morgan fingerprint density at radius 2 is 2.10 bits per heavy atom. The number of aromatic nitrogens is 1. The molecule has 1 aliphatic heterocycles. The topological polar surface area (TPSA) is 103 Å². The first kappa shape index (κ1) is 19.8. The molecule has 0 radical (unpaired) electrons. The van der Waals surface area contributed by atoms with Crippen LogP contribution in [0.2, 0.25) is 0 Å². The number of β-amino-alcohol motifs (C(OH)–C–C–N with tert-alkyl or cyclic N) is 1. The molecule has 31 heavy (non-hydrogen) atoms. The SMILES string of the molecule is C=CCN1CC[C@@]2(c3cccc(O)c3)Cc3[nH]c4ccc([N+](=O)[O-])cc4c3C[C@]2(O)C1. The molecule has 1 saturated heterocycles.